The highest BCUT2D eigenvalue weighted by atomic mass is 31.1. The van der Waals surface area contributed by atoms with E-state index in [-0.39, 0.29) is 0 Å². The van der Waals surface area contributed by atoms with Crippen LogP contribution in [-0.4, -0.2) is 45.2 Å². The molecular weight excluding hydrogens is 325 g/mol. The molecular formula is C14H26NO7P. The molecule has 1 aromatic rings. The largest absolute Gasteiger partial charge is 0.508 e. The van der Waals surface area contributed by atoms with Crippen molar-refractivity contribution in [2.75, 3.05) is 13.2 Å². The summed E-state index contributed by atoms with van der Waals surface area (Å²) in [6, 6.07) is 7.36. The molecule has 1 aromatic carbocycles. The van der Waals surface area contributed by atoms with E-state index in [0.717, 1.165) is 18.4 Å². The van der Waals surface area contributed by atoms with Crippen LogP contribution < -0.4 is 5.73 Å². The Balaban J connectivity index is 0. The van der Waals surface area contributed by atoms with E-state index in [1.54, 1.807) is 13.0 Å². The van der Waals surface area contributed by atoms with Gasteiger partial charge in [0.1, 0.15) is 11.9 Å². The molecule has 0 bridgehead atoms. The van der Waals surface area contributed by atoms with Crippen molar-refractivity contribution in [3.63, 3.8) is 0 Å². The smallest absolute Gasteiger partial charge is 0.334 e. The maximum absolute atomic E-state index is 10.3. The van der Waals surface area contributed by atoms with Gasteiger partial charge in [0.2, 0.25) is 0 Å². The van der Waals surface area contributed by atoms with Gasteiger partial charge in [0.05, 0.1) is 6.61 Å². The zero-order valence-corrected chi connectivity index (χ0v) is 14.3. The Labute approximate surface area is 136 Å². The molecule has 0 saturated carbocycles. The number of hydrogen-bond acceptors (Lipinski definition) is 6. The number of rotatable bonds is 5. The zero-order valence-electron chi connectivity index (χ0n) is 13.3. The van der Waals surface area contributed by atoms with Crippen molar-refractivity contribution in [1.29, 1.82) is 0 Å². The molecule has 0 aliphatic rings. The number of benzene rings is 1. The zero-order chi connectivity index (χ0) is 18.3. The van der Waals surface area contributed by atoms with Crippen LogP contribution in [0.1, 0.15) is 25.8 Å². The Hall–Kier alpha value is -1.44. The van der Waals surface area contributed by atoms with E-state index in [9.17, 15) is 9.90 Å². The minimum absolute atomic E-state index is 0.323. The number of hydrogen-bond donors (Lipinski definition) is 5. The summed E-state index contributed by atoms with van der Waals surface area (Å²) in [5.41, 5.74) is 6.33. The van der Waals surface area contributed by atoms with Crippen molar-refractivity contribution in [3.8, 4) is 5.75 Å². The van der Waals surface area contributed by atoms with Crippen LogP contribution in [0.25, 0.3) is 0 Å². The molecule has 0 aromatic heterocycles. The van der Waals surface area contributed by atoms with Crippen LogP contribution in [0.2, 0.25) is 0 Å². The Morgan fingerprint density at radius 1 is 1.35 bits per heavy atom. The summed E-state index contributed by atoms with van der Waals surface area (Å²) in [5, 5.41) is 17.8. The van der Waals surface area contributed by atoms with Crippen molar-refractivity contribution in [1.82, 2.24) is 0 Å². The van der Waals surface area contributed by atoms with Gasteiger partial charge in [0.25, 0.3) is 0 Å². The van der Waals surface area contributed by atoms with Gasteiger partial charge in [-0.25, -0.2) is 4.79 Å². The normalized spacial score (nSPS) is 10.7. The lowest BCUT2D eigenvalue weighted by Crippen LogP contribution is -2.18. The Morgan fingerprint density at radius 3 is 2.22 bits per heavy atom. The number of carbonyl (C=O) groups excluding carboxylic acids is 1. The average Bonchev–Trinajstić information content (AvgIpc) is 2.47. The highest BCUT2D eigenvalue weighted by Crippen LogP contribution is 2.16. The summed E-state index contributed by atoms with van der Waals surface area (Å²) in [6.45, 7) is 4.07. The lowest BCUT2D eigenvalue weighted by molar-refractivity contribution is -0.151. The Bertz CT molecular complexity index is 451. The molecule has 0 heterocycles. The second kappa shape index (κ2) is 15.5. The lowest BCUT2D eigenvalue weighted by Gasteiger charge is -2.01. The summed E-state index contributed by atoms with van der Waals surface area (Å²) in [5.74, 6) is -0.187. The molecule has 134 valence electrons. The van der Waals surface area contributed by atoms with Crippen LogP contribution in [0.5, 0.6) is 5.75 Å². The number of aliphatic hydroxyl groups is 1. The topological polar surface area (TPSA) is 150 Å². The first-order valence-corrected chi connectivity index (χ1v) is 8.30. The number of aryl methyl sites for hydroxylation is 1. The maximum Gasteiger partial charge on any atom is 0.334 e. The van der Waals surface area contributed by atoms with E-state index < -0.39 is 20.3 Å². The van der Waals surface area contributed by atoms with Gasteiger partial charge in [0, 0.05) is 0 Å². The predicted molar refractivity (Wildman–Crippen MR) is 87.2 cm³/mol. The van der Waals surface area contributed by atoms with Crippen LogP contribution in [0, 0.1) is 0 Å². The van der Waals surface area contributed by atoms with Crippen molar-refractivity contribution in [2.45, 2.75) is 32.8 Å². The number of nitrogens with two attached hydrogens (primary N) is 1. The minimum Gasteiger partial charge on any atom is -0.508 e. The van der Waals surface area contributed by atoms with Crippen LogP contribution in [-0.2, 0) is 20.5 Å². The van der Waals surface area contributed by atoms with Gasteiger partial charge in [-0.05, 0) is 44.9 Å². The second-order valence-corrected chi connectivity index (χ2v) is 4.80. The fourth-order valence-electron chi connectivity index (χ4n) is 1.28. The third-order valence-electron chi connectivity index (χ3n) is 2.27. The molecule has 6 N–H and O–H groups in total. The highest BCUT2D eigenvalue weighted by molar-refractivity contribution is 7.30. The Morgan fingerprint density at radius 2 is 1.87 bits per heavy atom. The summed E-state index contributed by atoms with van der Waals surface area (Å²) in [7, 11) is -3.13. The second-order valence-electron chi connectivity index (χ2n) is 4.23. The van der Waals surface area contributed by atoms with Gasteiger partial charge in [-0.3, -0.25) is 4.57 Å². The predicted octanol–water partition coefficient (Wildman–Crippen LogP) is 0.574. The van der Waals surface area contributed by atoms with Gasteiger partial charge in [0.15, 0.2) is 0 Å². The quantitative estimate of drug-likeness (QED) is 0.382. The number of aliphatic hydroxyl groups excluding tert-OH is 1. The van der Waals surface area contributed by atoms with Crippen LogP contribution in [0.4, 0.5) is 0 Å². The minimum atomic E-state index is -3.13. The fraction of sp³-hybridized carbons (Fsp3) is 0.500. The summed E-state index contributed by atoms with van der Waals surface area (Å²) < 4.78 is 13.2. The first-order chi connectivity index (χ1) is 10.8. The average molecular weight is 351 g/mol. The van der Waals surface area contributed by atoms with Gasteiger partial charge in [-0.1, -0.05) is 18.2 Å². The molecule has 8 nitrogen and oxygen atoms in total. The maximum atomic E-state index is 10.3. The molecule has 0 aliphatic heterocycles. The molecule has 0 saturated heterocycles. The molecule has 23 heavy (non-hydrogen) atoms. The molecule has 0 aliphatic carbocycles. The van der Waals surface area contributed by atoms with Gasteiger partial charge < -0.3 is 30.5 Å². The van der Waals surface area contributed by atoms with E-state index in [1.165, 1.54) is 6.92 Å². The van der Waals surface area contributed by atoms with Crippen molar-refractivity contribution < 1.29 is 34.1 Å². The summed E-state index contributed by atoms with van der Waals surface area (Å²) in [4.78, 5) is 24.6. The number of phenolic OH excluding ortho intramolecular Hbond substituents is 1. The van der Waals surface area contributed by atoms with E-state index in [1.807, 2.05) is 18.2 Å². The molecule has 0 fully saturated rings. The molecule has 1 rings (SSSR count). The van der Waals surface area contributed by atoms with Crippen molar-refractivity contribution >= 4 is 14.2 Å². The van der Waals surface area contributed by atoms with Crippen LogP contribution in [0.15, 0.2) is 24.3 Å². The molecule has 9 heteroatoms. The highest BCUT2D eigenvalue weighted by Gasteiger charge is 2.07. The fourth-order valence-corrected chi connectivity index (χ4v) is 1.28. The van der Waals surface area contributed by atoms with Crippen molar-refractivity contribution in [3.05, 3.63) is 29.8 Å². The van der Waals surface area contributed by atoms with Gasteiger partial charge in [-0.2, -0.15) is 0 Å². The number of phenols is 1. The summed E-state index contributed by atoms with van der Waals surface area (Å²) >= 11 is 0. The Kier molecular flexibility index (Phi) is 16.0. The number of esters is 1. The number of aromatic hydroxyl groups is 1. The van der Waals surface area contributed by atoms with E-state index in [2.05, 4.69) is 4.74 Å². The van der Waals surface area contributed by atoms with Crippen LogP contribution in [0.3, 0.4) is 0 Å². The first kappa shape index (κ1) is 23.8. The van der Waals surface area contributed by atoms with E-state index >= 15 is 0 Å². The molecule has 1 atom stereocenters. The standard InChI is InChI=1S/C9H13NO.C5H10O3.H3O3P/c10-7-3-5-8-4-1-2-6-9(8)11;1-3-8-5(7)4(2)6;1-4(2)3/h1-2,4,6,11H,3,5,7,10H2;4,6H,3H2,1-2H3;4H,(H2,1,2,3). The van der Waals surface area contributed by atoms with Gasteiger partial charge in [-0.15, -0.1) is 0 Å². The third-order valence-corrected chi connectivity index (χ3v) is 2.27. The van der Waals surface area contributed by atoms with Gasteiger partial charge >= 0.3 is 14.2 Å². The number of para-hydroxylation sites is 1. The number of carbonyl (C=O) groups is 1. The van der Waals surface area contributed by atoms with E-state index in [4.69, 9.17) is 25.2 Å². The third kappa shape index (κ3) is 16.8. The monoisotopic (exact) mass is 351 g/mol. The molecule has 0 amide bonds. The van der Waals surface area contributed by atoms with Crippen LogP contribution >= 0.6 is 8.25 Å². The first-order valence-electron chi connectivity index (χ1n) is 6.99. The molecule has 1 unspecified atom stereocenters. The number of ether oxygens (including phenoxy) is 1. The molecule has 0 radical (unpaired) electrons. The molecule has 0 spiro atoms. The lowest BCUT2D eigenvalue weighted by atomic mass is 10.1. The van der Waals surface area contributed by atoms with Crippen molar-refractivity contribution in [2.24, 2.45) is 5.73 Å². The summed E-state index contributed by atoms with van der Waals surface area (Å²) in [6.07, 6.45) is 0.802. The SMILES string of the molecule is CCOC(=O)C(C)O.NCCCc1ccccc1O.O=[PH](O)O. The van der Waals surface area contributed by atoms with E-state index in [0.29, 0.717) is 18.9 Å².